The molecule has 0 aliphatic carbocycles. The van der Waals surface area contributed by atoms with Crippen LogP contribution in [0.25, 0.3) is 0 Å². The lowest BCUT2D eigenvalue weighted by molar-refractivity contribution is -0.136. The highest BCUT2D eigenvalue weighted by Gasteiger charge is 2.02. The van der Waals surface area contributed by atoms with Gasteiger partial charge in [-0.2, -0.15) is 5.10 Å². The molecule has 6 nitrogen and oxygen atoms in total. The topological polar surface area (TPSA) is 81.4 Å². The molecular formula is C15H16N2O4. The first-order chi connectivity index (χ1) is 10.0. The van der Waals surface area contributed by atoms with E-state index in [1.54, 1.807) is 30.3 Å². The van der Waals surface area contributed by atoms with Gasteiger partial charge in [0.1, 0.15) is 12.4 Å². The molecule has 0 fully saturated rings. The number of nitrogens with zero attached hydrogens (tertiary/aromatic N) is 2. The van der Waals surface area contributed by atoms with Crippen LogP contribution >= 0.6 is 0 Å². The summed E-state index contributed by atoms with van der Waals surface area (Å²) in [5, 5.41) is 12.8. The van der Waals surface area contributed by atoms with E-state index in [0.717, 1.165) is 5.69 Å². The molecular weight excluding hydrogens is 272 g/mol. The first kappa shape index (κ1) is 14.8. The van der Waals surface area contributed by atoms with Gasteiger partial charge in [-0.1, -0.05) is 12.1 Å². The van der Waals surface area contributed by atoms with E-state index in [1.165, 1.54) is 10.7 Å². The van der Waals surface area contributed by atoms with Gasteiger partial charge in [-0.15, -0.1) is 0 Å². The minimum atomic E-state index is -0.867. The Balaban J connectivity index is 1.90. The van der Waals surface area contributed by atoms with Crippen LogP contribution in [0.2, 0.25) is 0 Å². The molecule has 0 bridgehead atoms. The lowest BCUT2D eigenvalue weighted by Crippen LogP contribution is -2.25. The van der Waals surface area contributed by atoms with E-state index in [0.29, 0.717) is 24.5 Å². The summed E-state index contributed by atoms with van der Waals surface area (Å²) < 4.78 is 6.87. The lowest BCUT2D eigenvalue weighted by atomic mass is 10.1. The molecule has 1 aromatic heterocycles. The smallest absolute Gasteiger partial charge is 0.307 e. The van der Waals surface area contributed by atoms with Gasteiger partial charge in [0.2, 0.25) is 0 Å². The molecule has 1 aromatic carbocycles. The predicted octanol–water partition coefficient (Wildman–Crippen LogP) is 1.26. The third-order valence-corrected chi connectivity index (χ3v) is 2.85. The molecule has 0 aliphatic rings. The normalized spacial score (nSPS) is 10.3. The maximum Gasteiger partial charge on any atom is 0.307 e. The van der Waals surface area contributed by atoms with Crippen LogP contribution in [0.3, 0.4) is 0 Å². The fourth-order valence-electron chi connectivity index (χ4n) is 1.84. The van der Waals surface area contributed by atoms with Gasteiger partial charge in [-0.25, -0.2) is 4.68 Å². The summed E-state index contributed by atoms with van der Waals surface area (Å²) in [4.78, 5) is 22.1. The van der Waals surface area contributed by atoms with Gasteiger partial charge in [0.05, 0.1) is 18.7 Å². The van der Waals surface area contributed by atoms with Crippen molar-refractivity contribution in [1.29, 1.82) is 0 Å². The Bertz CT molecular complexity index is 677. The van der Waals surface area contributed by atoms with Crippen LogP contribution < -0.4 is 10.3 Å². The summed E-state index contributed by atoms with van der Waals surface area (Å²) in [7, 11) is 0. The number of carbonyl (C=O) groups is 1. The Labute approximate surface area is 121 Å². The summed E-state index contributed by atoms with van der Waals surface area (Å²) in [5.74, 6) is -0.238. The zero-order valence-electron chi connectivity index (χ0n) is 11.7. The highest BCUT2D eigenvalue weighted by atomic mass is 16.5. The van der Waals surface area contributed by atoms with Crippen molar-refractivity contribution < 1.29 is 14.6 Å². The largest absolute Gasteiger partial charge is 0.492 e. The fourth-order valence-corrected chi connectivity index (χ4v) is 1.84. The Morgan fingerprint density at radius 3 is 2.62 bits per heavy atom. The van der Waals surface area contributed by atoms with Gasteiger partial charge < -0.3 is 9.84 Å². The maximum atomic E-state index is 11.6. The Hall–Kier alpha value is -2.63. The van der Waals surface area contributed by atoms with Crippen LogP contribution in [0.15, 0.2) is 41.2 Å². The molecule has 1 heterocycles. The third-order valence-electron chi connectivity index (χ3n) is 2.85. The van der Waals surface area contributed by atoms with E-state index < -0.39 is 5.97 Å². The number of benzene rings is 1. The predicted molar refractivity (Wildman–Crippen MR) is 76.5 cm³/mol. The van der Waals surface area contributed by atoms with Crippen molar-refractivity contribution >= 4 is 5.97 Å². The average Bonchev–Trinajstić information content (AvgIpc) is 2.44. The van der Waals surface area contributed by atoms with Crippen LogP contribution in [0.4, 0.5) is 0 Å². The molecule has 2 aromatic rings. The molecule has 0 aliphatic heterocycles. The van der Waals surface area contributed by atoms with Gasteiger partial charge in [0, 0.05) is 6.07 Å². The summed E-state index contributed by atoms with van der Waals surface area (Å²) >= 11 is 0. The van der Waals surface area contributed by atoms with Gasteiger partial charge in [0.25, 0.3) is 5.56 Å². The van der Waals surface area contributed by atoms with E-state index in [2.05, 4.69) is 5.10 Å². The molecule has 6 heteroatoms. The molecule has 0 saturated heterocycles. The first-order valence-electron chi connectivity index (χ1n) is 6.53. The molecule has 21 heavy (non-hydrogen) atoms. The van der Waals surface area contributed by atoms with Crippen molar-refractivity contribution in [2.75, 3.05) is 6.61 Å². The second-order valence-corrected chi connectivity index (χ2v) is 4.60. The van der Waals surface area contributed by atoms with Gasteiger partial charge in [-0.3, -0.25) is 9.59 Å². The van der Waals surface area contributed by atoms with Crippen LogP contribution in [-0.4, -0.2) is 27.5 Å². The van der Waals surface area contributed by atoms with Crippen molar-refractivity contribution in [3.8, 4) is 5.75 Å². The van der Waals surface area contributed by atoms with Crippen molar-refractivity contribution in [3.63, 3.8) is 0 Å². The molecule has 0 saturated carbocycles. The van der Waals surface area contributed by atoms with Crippen LogP contribution in [0, 0.1) is 6.92 Å². The number of carboxylic acid groups (broad SMARTS) is 1. The summed E-state index contributed by atoms with van der Waals surface area (Å²) in [6.07, 6.45) is -0.0110. The number of rotatable bonds is 6. The Morgan fingerprint density at radius 2 is 1.95 bits per heavy atom. The SMILES string of the molecule is Cc1ccc(=O)n(CCOc2ccc(CC(=O)O)cc2)n1. The summed E-state index contributed by atoms with van der Waals surface area (Å²) in [6.45, 7) is 2.49. The molecule has 0 spiro atoms. The second kappa shape index (κ2) is 6.69. The Morgan fingerprint density at radius 1 is 1.24 bits per heavy atom. The van der Waals surface area contributed by atoms with Crippen molar-refractivity contribution in [2.45, 2.75) is 19.9 Å². The number of hydrogen-bond donors (Lipinski definition) is 1. The quantitative estimate of drug-likeness (QED) is 0.865. The molecule has 2 rings (SSSR count). The number of aromatic nitrogens is 2. The van der Waals surface area contributed by atoms with Crippen molar-refractivity contribution in [2.24, 2.45) is 0 Å². The first-order valence-corrected chi connectivity index (χ1v) is 6.53. The number of aliphatic carboxylic acids is 1. The van der Waals surface area contributed by atoms with Crippen LogP contribution in [-0.2, 0) is 17.8 Å². The summed E-state index contributed by atoms with van der Waals surface area (Å²) in [5.41, 5.74) is 1.32. The van der Waals surface area contributed by atoms with E-state index in [9.17, 15) is 9.59 Å². The number of carboxylic acids is 1. The van der Waals surface area contributed by atoms with E-state index in [1.807, 2.05) is 6.92 Å². The van der Waals surface area contributed by atoms with Crippen LogP contribution in [0.5, 0.6) is 5.75 Å². The number of ether oxygens (including phenoxy) is 1. The Kier molecular flexibility index (Phi) is 4.71. The number of aryl methyl sites for hydroxylation is 1. The van der Waals surface area contributed by atoms with E-state index in [4.69, 9.17) is 9.84 Å². The van der Waals surface area contributed by atoms with Gasteiger partial charge >= 0.3 is 5.97 Å². The molecule has 110 valence electrons. The van der Waals surface area contributed by atoms with Crippen LogP contribution in [0.1, 0.15) is 11.3 Å². The molecule has 0 atom stereocenters. The number of hydrogen-bond acceptors (Lipinski definition) is 4. The van der Waals surface area contributed by atoms with E-state index >= 15 is 0 Å². The third kappa shape index (κ3) is 4.45. The van der Waals surface area contributed by atoms with Gasteiger partial charge in [0.15, 0.2) is 0 Å². The lowest BCUT2D eigenvalue weighted by Gasteiger charge is -2.08. The molecule has 1 N–H and O–H groups in total. The second-order valence-electron chi connectivity index (χ2n) is 4.60. The highest BCUT2D eigenvalue weighted by molar-refractivity contribution is 5.70. The maximum absolute atomic E-state index is 11.6. The van der Waals surface area contributed by atoms with Gasteiger partial charge in [-0.05, 0) is 30.7 Å². The standard InChI is InChI=1S/C15H16N2O4/c1-11-2-7-14(18)17(16-11)8-9-21-13-5-3-12(4-6-13)10-15(19)20/h2-7H,8-10H2,1H3,(H,19,20). The zero-order valence-corrected chi connectivity index (χ0v) is 11.7. The van der Waals surface area contributed by atoms with Crippen molar-refractivity contribution in [3.05, 3.63) is 58.0 Å². The highest BCUT2D eigenvalue weighted by Crippen LogP contribution is 2.12. The molecule has 0 unspecified atom stereocenters. The molecule has 0 amide bonds. The summed E-state index contributed by atoms with van der Waals surface area (Å²) in [6, 6.07) is 9.99. The molecule has 0 radical (unpaired) electrons. The van der Waals surface area contributed by atoms with Crippen molar-refractivity contribution in [1.82, 2.24) is 9.78 Å². The monoisotopic (exact) mass is 288 g/mol. The minimum Gasteiger partial charge on any atom is -0.492 e. The minimum absolute atomic E-state index is 0.0110. The average molecular weight is 288 g/mol. The zero-order chi connectivity index (χ0) is 15.2. The van der Waals surface area contributed by atoms with E-state index in [-0.39, 0.29) is 12.0 Å². The fraction of sp³-hybridized carbons (Fsp3) is 0.267.